The Hall–Kier alpha value is -1.63. The van der Waals surface area contributed by atoms with Gasteiger partial charge >= 0.3 is 0 Å². The number of rotatable bonds is 5. The molecule has 0 saturated carbocycles. The van der Waals surface area contributed by atoms with Crippen LogP contribution in [-0.4, -0.2) is 34.2 Å². The van der Waals surface area contributed by atoms with Crippen molar-refractivity contribution in [3.05, 3.63) is 36.4 Å². The molecule has 1 aliphatic rings. The van der Waals surface area contributed by atoms with Crippen LogP contribution in [0.4, 0.5) is 0 Å². The van der Waals surface area contributed by atoms with Crippen molar-refractivity contribution in [1.82, 2.24) is 10.0 Å². The standard InChI is InChI=1S/C16H20N2O3S/c1-2-21-15-7-8-16(14-6-4-3-5-13(14)15)22(19,20)18-12-9-10-17-11-12/h3-8,12,17-18H,2,9-11H2,1H3. The fourth-order valence-electron chi connectivity index (χ4n) is 2.80. The molecule has 118 valence electrons. The third-order valence-electron chi connectivity index (χ3n) is 3.82. The van der Waals surface area contributed by atoms with Gasteiger partial charge in [0.2, 0.25) is 10.0 Å². The van der Waals surface area contributed by atoms with Gasteiger partial charge in [-0.15, -0.1) is 0 Å². The Balaban J connectivity index is 2.05. The summed E-state index contributed by atoms with van der Waals surface area (Å²) < 4.78 is 33.8. The predicted molar refractivity (Wildman–Crippen MR) is 86.7 cm³/mol. The van der Waals surface area contributed by atoms with Crippen LogP contribution >= 0.6 is 0 Å². The summed E-state index contributed by atoms with van der Waals surface area (Å²) in [6.07, 6.45) is 0.814. The molecule has 22 heavy (non-hydrogen) atoms. The first kappa shape index (κ1) is 15.3. The van der Waals surface area contributed by atoms with Crippen LogP contribution in [0.1, 0.15) is 13.3 Å². The van der Waals surface area contributed by atoms with Crippen molar-refractivity contribution < 1.29 is 13.2 Å². The molecular weight excluding hydrogens is 300 g/mol. The van der Waals surface area contributed by atoms with Gasteiger partial charge in [0.1, 0.15) is 5.75 Å². The molecule has 3 rings (SSSR count). The van der Waals surface area contributed by atoms with Crippen molar-refractivity contribution in [2.45, 2.75) is 24.3 Å². The first-order valence-corrected chi connectivity index (χ1v) is 8.97. The van der Waals surface area contributed by atoms with E-state index in [1.165, 1.54) is 0 Å². The van der Waals surface area contributed by atoms with Crippen molar-refractivity contribution in [2.75, 3.05) is 19.7 Å². The Labute approximate surface area is 130 Å². The highest BCUT2D eigenvalue weighted by molar-refractivity contribution is 7.89. The molecule has 1 heterocycles. The van der Waals surface area contributed by atoms with E-state index >= 15 is 0 Å². The second kappa shape index (κ2) is 6.24. The number of ether oxygens (including phenoxy) is 1. The van der Waals surface area contributed by atoms with Crippen LogP contribution in [0.15, 0.2) is 41.3 Å². The van der Waals surface area contributed by atoms with E-state index in [2.05, 4.69) is 10.0 Å². The van der Waals surface area contributed by atoms with Crippen LogP contribution in [0.5, 0.6) is 5.75 Å². The SMILES string of the molecule is CCOc1ccc(S(=O)(=O)NC2CCNC2)c2ccccc12. The molecule has 1 aliphatic heterocycles. The van der Waals surface area contributed by atoms with Crippen LogP contribution in [-0.2, 0) is 10.0 Å². The Kier molecular flexibility index (Phi) is 4.33. The zero-order valence-electron chi connectivity index (χ0n) is 12.5. The Morgan fingerprint density at radius 2 is 2.00 bits per heavy atom. The summed E-state index contributed by atoms with van der Waals surface area (Å²) in [6.45, 7) is 3.97. The zero-order valence-corrected chi connectivity index (χ0v) is 13.3. The lowest BCUT2D eigenvalue weighted by molar-refractivity contribution is 0.344. The largest absolute Gasteiger partial charge is 0.493 e. The maximum Gasteiger partial charge on any atom is 0.241 e. The Bertz CT molecular complexity index is 768. The number of hydrogen-bond donors (Lipinski definition) is 2. The molecule has 2 aromatic carbocycles. The maximum atomic E-state index is 12.7. The average molecular weight is 320 g/mol. The molecule has 0 bridgehead atoms. The maximum absolute atomic E-state index is 12.7. The van der Waals surface area contributed by atoms with Gasteiger partial charge in [0.15, 0.2) is 0 Å². The summed E-state index contributed by atoms with van der Waals surface area (Å²) >= 11 is 0. The highest BCUT2D eigenvalue weighted by Crippen LogP contribution is 2.31. The van der Waals surface area contributed by atoms with Gasteiger partial charge in [-0.2, -0.15) is 0 Å². The van der Waals surface area contributed by atoms with Crippen LogP contribution in [0.2, 0.25) is 0 Å². The second-order valence-corrected chi connectivity index (χ2v) is 7.03. The van der Waals surface area contributed by atoms with E-state index in [0.717, 1.165) is 18.4 Å². The van der Waals surface area contributed by atoms with E-state index in [4.69, 9.17) is 4.74 Å². The van der Waals surface area contributed by atoms with Crippen LogP contribution in [0.25, 0.3) is 10.8 Å². The molecule has 0 aliphatic carbocycles. The van der Waals surface area contributed by atoms with E-state index in [9.17, 15) is 8.42 Å². The Morgan fingerprint density at radius 3 is 2.68 bits per heavy atom. The van der Waals surface area contributed by atoms with Crippen molar-refractivity contribution >= 4 is 20.8 Å². The van der Waals surface area contributed by atoms with Crippen molar-refractivity contribution in [3.8, 4) is 5.75 Å². The molecule has 1 atom stereocenters. The minimum absolute atomic E-state index is 0.0460. The monoisotopic (exact) mass is 320 g/mol. The van der Waals surface area contributed by atoms with Crippen LogP contribution in [0, 0.1) is 0 Å². The van der Waals surface area contributed by atoms with E-state index in [1.54, 1.807) is 12.1 Å². The summed E-state index contributed by atoms with van der Waals surface area (Å²) in [4.78, 5) is 0.304. The van der Waals surface area contributed by atoms with E-state index < -0.39 is 10.0 Å². The first-order chi connectivity index (χ1) is 10.6. The smallest absolute Gasteiger partial charge is 0.241 e. The van der Waals surface area contributed by atoms with Gasteiger partial charge in [-0.1, -0.05) is 24.3 Å². The summed E-state index contributed by atoms with van der Waals surface area (Å²) in [7, 11) is -3.55. The number of nitrogens with one attached hydrogen (secondary N) is 2. The van der Waals surface area contributed by atoms with E-state index in [0.29, 0.717) is 29.2 Å². The number of benzene rings is 2. The van der Waals surface area contributed by atoms with Gasteiger partial charge in [-0.25, -0.2) is 13.1 Å². The van der Waals surface area contributed by atoms with Crippen molar-refractivity contribution in [1.29, 1.82) is 0 Å². The van der Waals surface area contributed by atoms with Crippen molar-refractivity contribution in [2.24, 2.45) is 0 Å². The van der Waals surface area contributed by atoms with Crippen molar-refractivity contribution in [3.63, 3.8) is 0 Å². The third-order valence-corrected chi connectivity index (χ3v) is 5.39. The topological polar surface area (TPSA) is 67.4 Å². The molecule has 0 radical (unpaired) electrons. The summed E-state index contributed by atoms with van der Waals surface area (Å²) in [6, 6.07) is 10.7. The van der Waals surface area contributed by atoms with E-state index in [1.807, 2.05) is 31.2 Å². The zero-order chi connectivity index (χ0) is 15.6. The highest BCUT2D eigenvalue weighted by Gasteiger charge is 2.24. The van der Waals surface area contributed by atoms with Gasteiger partial charge in [0, 0.05) is 23.4 Å². The lowest BCUT2D eigenvalue weighted by Crippen LogP contribution is -2.36. The lowest BCUT2D eigenvalue weighted by atomic mass is 10.1. The number of fused-ring (bicyclic) bond motifs is 1. The minimum atomic E-state index is -3.55. The van der Waals surface area contributed by atoms with Crippen LogP contribution in [0.3, 0.4) is 0 Å². The van der Waals surface area contributed by atoms with Crippen LogP contribution < -0.4 is 14.8 Å². The van der Waals surface area contributed by atoms with Gasteiger partial charge < -0.3 is 10.1 Å². The number of hydrogen-bond acceptors (Lipinski definition) is 4. The van der Waals surface area contributed by atoms with Gasteiger partial charge in [-0.05, 0) is 32.0 Å². The molecule has 0 spiro atoms. The molecule has 1 unspecified atom stereocenters. The molecule has 5 nitrogen and oxygen atoms in total. The lowest BCUT2D eigenvalue weighted by Gasteiger charge is -2.15. The quantitative estimate of drug-likeness (QED) is 0.883. The fraction of sp³-hybridized carbons (Fsp3) is 0.375. The van der Waals surface area contributed by atoms with E-state index in [-0.39, 0.29) is 6.04 Å². The molecular formula is C16H20N2O3S. The normalized spacial score (nSPS) is 18.7. The molecule has 1 fully saturated rings. The molecule has 0 aromatic heterocycles. The molecule has 6 heteroatoms. The van der Waals surface area contributed by atoms with Gasteiger partial charge in [0.25, 0.3) is 0 Å². The van der Waals surface area contributed by atoms with Gasteiger partial charge in [-0.3, -0.25) is 0 Å². The molecule has 0 amide bonds. The highest BCUT2D eigenvalue weighted by atomic mass is 32.2. The second-order valence-electron chi connectivity index (χ2n) is 5.35. The summed E-state index contributed by atoms with van der Waals surface area (Å²) in [5, 5.41) is 4.67. The third kappa shape index (κ3) is 2.95. The summed E-state index contributed by atoms with van der Waals surface area (Å²) in [5.41, 5.74) is 0. The molecule has 1 saturated heterocycles. The predicted octanol–water partition coefficient (Wildman–Crippen LogP) is 1.88. The first-order valence-electron chi connectivity index (χ1n) is 7.49. The molecule has 2 N–H and O–H groups in total. The number of sulfonamides is 1. The minimum Gasteiger partial charge on any atom is -0.493 e. The molecule has 2 aromatic rings. The van der Waals surface area contributed by atoms with Gasteiger partial charge in [0.05, 0.1) is 11.5 Å². The summed E-state index contributed by atoms with van der Waals surface area (Å²) in [5.74, 6) is 0.708. The Morgan fingerprint density at radius 1 is 1.23 bits per heavy atom. The fourth-order valence-corrected chi connectivity index (χ4v) is 4.28. The average Bonchev–Trinajstić information content (AvgIpc) is 3.00.